The topological polar surface area (TPSA) is 93.0 Å². The minimum absolute atomic E-state index is 0.0398. The summed E-state index contributed by atoms with van der Waals surface area (Å²) in [6.45, 7) is 8.49. The van der Waals surface area contributed by atoms with E-state index >= 15 is 0 Å². The number of ketones is 1. The Morgan fingerprint density at radius 1 is 1.08 bits per heavy atom. The normalized spacial score (nSPS) is 16.0. The van der Waals surface area contributed by atoms with Crippen molar-refractivity contribution < 1.29 is 14.0 Å². The van der Waals surface area contributed by atoms with E-state index in [0.717, 1.165) is 44.7 Å². The summed E-state index contributed by atoms with van der Waals surface area (Å²) in [5, 5.41) is 7.36. The van der Waals surface area contributed by atoms with Crippen LogP contribution in [0.1, 0.15) is 41.8 Å². The van der Waals surface area contributed by atoms with Gasteiger partial charge in [0.1, 0.15) is 6.17 Å². The molecule has 1 aliphatic carbocycles. The number of Topliss-reactive ketones (excluding diaryl/α,β-unsaturated/α-hetero) is 1. The van der Waals surface area contributed by atoms with E-state index in [9.17, 15) is 14.0 Å². The highest BCUT2D eigenvalue weighted by Gasteiger charge is 2.28. The Kier molecular flexibility index (Phi) is 6.69. The molecule has 9 heteroatoms. The second kappa shape index (κ2) is 9.96. The second-order valence-corrected chi connectivity index (χ2v) is 10.2. The number of carbonyl (C=O) groups excluding carboxylic acids is 2. The average Bonchev–Trinajstić information content (AvgIpc) is 3.19. The predicted octanol–water partition coefficient (Wildman–Crippen LogP) is 4.28. The van der Waals surface area contributed by atoms with E-state index in [4.69, 9.17) is 0 Å². The van der Waals surface area contributed by atoms with Crippen LogP contribution in [0.4, 0.5) is 10.3 Å². The van der Waals surface area contributed by atoms with Gasteiger partial charge in [-0.05, 0) is 62.1 Å². The number of carbonyl (C=O) groups is 2. The number of nitrogens with one attached hydrogen (secondary N) is 1. The molecule has 0 spiro atoms. The molecule has 3 aromatic rings. The number of aromatic nitrogens is 4. The van der Waals surface area contributed by atoms with E-state index in [-0.39, 0.29) is 18.2 Å². The lowest BCUT2D eigenvalue weighted by atomic mass is 9.91. The number of allylic oxidation sites excluding steroid dienone is 3. The molecule has 0 bridgehead atoms. The number of hydrogen-bond acceptors (Lipinski definition) is 6. The van der Waals surface area contributed by atoms with Gasteiger partial charge in [0.15, 0.2) is 5.78 Å². The van der Waals surface area contributed by atoms with Crippen LogP contribution >= 0.6 is 0 Å². The van der Waals surface area contributed by atoms with Crippen molar-refractivity contribution >= 4 is 17.6 Å². The van der Waals surface area contributed by atoms with Crippen molar-refractivity contribution in [3.63, 3.8) is 0 Å². The van der Waals surface area contributed by atoms with E-state index in [1.165, 1.54) is 0 Å². The third-order valence-corrected chi connectivity index (χ3v) is 7.26. The highest BCUT2D eigenvalue weighted by molar-refractivity contribution is 6.02. The first kappa shape index (κ1) is 25.5. The Morgan fingerprint density at radius 3 is 2.39 bits per heavy atom. The van der Waals surface area contributed by atoms with Gasteiger partial charge in [-0.3, -0.25) is 14.3 Å². The maximum absolute atomic E-state index is 13.5. The molecule has 196 valence electrons. The van der Waals surface area contributed by atoms with Crippen molar-refractivity contribution in [1.82, 2.24) is 25.1 Å². The minimum Gasteiger partial charge on any atom is -0.348 e. The van der Waals surface area contributed by atoms with Gasteiger partial charge in [0.25, 0.3) is 5.91 Å². The van der Waals surface area contributed by atoms with Gasteiger partial charge in [0, 0.05) is 54.7 Å². The zero-order chi connectivity index (χ0) is 27.1. The number of halogens is 1. The molecule has 1 saturated heterocycles. The smallest absolute Gasteiger partial charge is 0.251 e. The first-order valence-electron chi connectivity index (χ1n) is 12.7. The van der Waals surface area contributed by atoms with Crippen molar-refractivity contribution in [3.05, 3.63) is 70.2 Å². The fraction of sp³-hybridized carbons (Fsp3) is 0.345. The largest absolute Gasteiger partial charge is 0.348 e. The lowest BCUT2D eigenvalue weighted by Crippen LogP contribution is -2.49. The Balaban J connectivity index is 1.51. The number of amides is 1. The molecule has 1 N–H and O–H groups in total. The first-order chi connectivity index (χ1) is 18.1. The van der Waals surface area contributed by atoms with Gasteiger partial charge >= 0.3 is 0 Å². The van der Waals surface area contributed by atoms with Gasteiger partial charge in [-0.2, -0.15) is 5.10 Å². The van der Waals surface area contributed by atoms with Crippen molar-refractivity contribution in [3.8, 4) is 22.4 Å². The Bertz CT molecular complexity index is 1480. The molecule has 1 aliphatic heterocycles. The molecule has 2 aliphatic rings. The maximum Gasteiger partial charge on any atom is 0.251 e. The monoisotopic (exact) mass is 514 g/mol. The SMILES string of the molecule is CC1=CC(C)=C(CNC(=O)c2cc(-c3cnc(N4CC(F)C4)nc3)cc(-c3c(C)cnn3C)c2C)C(=O)C1. The quantitative estimate of drug-likeness (QED) is 0.528. The summed E-state index contributed by atoms with van der Waals surface area (Å²) >= 11 is 0. The number of hydrogen-bond donors (Lipinski definition) is 1. The van der Waals surface area contributed by atoms with E-state index in [1.54, 1.807) is 28.2 Å². The van der Waals surface area contributed by atoms with E-state index in [2.05, 4.69) is 20.4 Å². The maximum atomic E-state index is 13.5. The number of benzene rings is 1. The highest BCUT2D eigenvalue weighted by atomic mass is 19.1. The molecule has 2 aromatic heterocycles. The number of anilines is 1. The van der Waals surface area contributed by atoms with Gasteiger partial charge < -0.3 is 10.2 Å². The van der Waals surface area contributed by atoms with Crippen LogP contribution in [-0.2, 0) is 11.8 Å². The third-order valence-electron chi connectivity index (χ3n) is 7.26. The van der Waals surface area contributed by atoms with Crippen LogP contribution in [0.25, 0.3) is 22.4 Å². The summed E-state index contributed by atoms with van der Waals surface area (Å²) in [4.78, 5) is 36.8. The molecule has 1 aromatic carbocycles. The Morgan fingerprint density at radius 2 is 1.79 bits per heavy atom. The van der Waals surface area contributed by atoms with Gasteiger partial charge in [0.2, 0.25) is 5.95 Å². The molecule has 38 heavy (non-hydrogen) atoms. The van der Waals surface area contributed by atoms with Gasteiger partial charge in [-0.25, -0.2) is 14.4 Å². The Labute approximate surface area is 221 Å². The van der Waals surface area contributed by atoms with Crippen LogP contribution < -0.4 is 10.2 Å². The van der Waals surface area contributed by atoms with Crippen molar-refractivity contribution in [1.29, 1.82) is 0 Å². The molecule has 0 unspecified atom stereocenters. The third kappa shape index (κ3) is 4.76. The number of nitrogens with zero attached hydrogens (tertiary/aromatic N) is 5. The zero-order valence-corrected chi connectivity index (χ0v) is 22.3. The molecule has 0 saturated carbocycles. The lowest BCUT2D eigenvalue weighted by Gasteiger charge is -2.34. The molecule has 0 radical (unpaired) electrons. The van der Waals surface area contributed by atoms with Crippen LogP contribution in [0.3, 0.4) is 0 Å². The summed E-state index contributed by atoms with van der Waals surface area (Å²) in [6, 6.07) is 3.84. The molecular formula is C29H31FN6O2. The fourth-order valence-electron chi connectivity index (χ4n) is 5.11. The van der Waals surface area contributed by atoms with E-state index in [0.29, 0.717) is 36.6 Å². The molecule has 8 nitrogen and oxygen atoms in total. The van der Waals surface area contributed by atoms with Crippen LogP contribution in [0, 0.1) is 13.8 Å². The summed E-state index contributed by atoms with van der Waals surface area (Å²) in [5.41, 5.74) is 8.13. The fourth-order valence-corrected chi connectivity index (χ4v) is 5.11. The summed E-state index contributed by atoms with van der Waals surface area (Å²) in [5.74, 6) is 0.260. The van der Waals surface area contributed by atoms with Crippen LogP contribution in [0.15, 0.2) is 53.5 Å². The van der Waals surface area contributed by atoms with Gasteiger partial charge in [0.05, 0.1) is 25.0 Å². The standard InChI is InChI=1S/C29H31FN6O2/c1-16-6-17(2)25(26(37)7-16)13-31-28(38)24-9-20(8-23(19(24)4)27-18(3)10-34-35(27)5)21-11-32-29(33-12-21)36-14-22(30)15-36/h6,8-12,22H,7,13-15H2,1-5H3,(H,31,38). The van der Waals surface area contributed by atoms with Crippen LogP contribution in [0.5, 0.6) is 0 Å². The Hall–Kier alpha value is -4.14. The number of alkyl halides is 1. The second-order valence-electron chi connectivity index (χ2n) is 10.2. The molecule has 1 fully saturated rings. The highest BCUT2D eigenvalue weighted by Crippen LogP contribution is 2.34. The molecule has 1 amide bonds. The molecule has 0 atom stereocenters. The molecular weight excluding hydrogens is 483 g/mol. The molecule has 5 rings (SSSR count). The van der Waals surface area contributed by atoms with Crippen LogP contribution in [0.2, 0.25) is 0 Å². The number of rotatable bonds is 6. The summed E-state index contributed by atoms with van der Waals surface area (Å²) < 4.78 is 15.1. The predicted molar refractivity (Wildman–Crippen MR) is 145 cm³/mol. The van der Waals surface area contributed by atoms with Crippen molar-refractivity contribution in [2.24, 2.45) is 7.05 Å². The van der Waals surface area contributed by atoms with Crippen molar-refractivity contribution in [2.45, 2.75) is 40.3 Å². The van der Waals surface area contributed by atoms with Crippen LogP contribution in [-0.4, -0.2) is 57.2 Å². The lowest BCUT2D eigenvalue weighted by molar-refractivity contribution is -0.115. The zero-order valence-electron chi connectivity index (χ0n) is 22.3. The van der Waals surface area contributed by atoms with E-state index in [1.807, 2.05) is 53.0 Å². The van der Waals surface area contributed by atoms with Gasteiger partial charge in [-0.1, -0.05) is 11.6 Å². The number of aryl methyl sites for hydroxylation is 2. The summed E-state index contributed by atoms with van der Waals surface area (Å²) in [6.07, 6.45) is 6.72. The molecule has 3 heterocycles. The first-order valence-corrected chi connectivity index (χ1v) is 12.7. The summed E-state index contributed by atoms with van der Waals surface area (Å²) in [7, 11) is 1.87. The van der Waals surface area contributed by atoms with Crippen molar-refractivity contribution in [2.75, 3.05) is 24.5 Å². The van der Waals surface area contributed by atoms with E-state index < -0.39 is 6.17 Å². The van der Waals surface area contributed by atoms with Gasteiger partial charge in [-0.15, -0.1) is 0 Å². The average molecular weight is 515 g/mol. The minimum atomic E-state index is -0.843.